The van der Waals surface area contributed by atoms with Crippen molar-refractivity contribution in [3.05, 3.63) is 30.1 Å². The molecule has 1 aromatic carbocycles. The first-order valence-electron chi connectivity index (χ1n) is 10.4. The number of morpholine rings is 1. The maximum Gasteiger partial charge on any atom is 0.236 e. The minimum Gasteiger partial charge on any atom is -0.379 e. The van der Waals surface area contributed by atoms with Crippen LogP contribution in [0.3, 0.4) is 0 Å². The maximum atomic E-state index is 13.1. The van der Waals surface area contributed by atoms with Crippen molar-refractivity contribution in [2.45, 2.75) is 63.5 Å². The number of hydrogen-bond acceptors (Lipinski definition) is 6. The Kier molecular flexibility index (Phi) is 7.49. The van der Waals surface area contributed by atoms with Gasteiger partial charge in [0, 0.05) is 30.6 Å². The highest BCUT2D eigenvalue weighted by molar-refractivity contribution is 8.00. The molecule has 1 aliphatic rings. The van der Waals surface area contributed by atoms with Gasteiger partial charge in [0.15, 0.2) is 0 Å². The summed E-state index contributed by atoms with van der Waals surface area (Å²) in [6.07, 6.45) is 0. The summed E-state index contributed by atoms with van der Waals surface area (Å²) in [5.41, 5.74) is 0.928. The van der Waals surface area contributed by atoms with E-state index in [1.54, 1.807) is 0 Å². The third-order valence-corrected chi connectivity index (χ3v) is 6.18. The summed E-state index contributed by atoms with van der Waals surface area (Å²) in [5.74, 6) is 0.953. The third-order valence-electron chi connectivity index (χ3n) is 5.09. The third kappa shape index (κ3) is 5.47. The van der Waals surface area contributed by atoms with E-state index >= 15 is 0 Å². The van der Waals surface area contributed by atoms with Crippen LogP contribution in [0.4, 0.5) is 0 Å². The summed E-state index contributed by atoms with van der Waals surface area (Å²) in [7, 11) is 0. The standard InChI is InChI=1S/C22H32N4O2S/c1-15(2)26(16(3)4)22(27)17(5)29-21-18-8-6-7-9-19(18)23-20(24-21)14-25-10-12-28-13-11-25/h6-9,15-17H,10-14H2,1-5H3. The number of aromatic nitrogens is 2. The number of benzene rings is 1. The predicted molar refractivity (Wildman–Crippen MR) is 118 cm³/mol. The first-order chi connectivity index (χ1) is 13.9. The number of carbonyl (C=O) groups excluding carboxylic acids is 1. The highest BCUT2D eigenvalue weighted by atomic mass is 32.2. The fraction of sp³-hybridized carbons (Fsp3) is 0.591. The van der Waals surface area contributed by atoms with Crippen LogP contribution in [0.15, 0.2) is 29.3 Å². The quantitative estimate of drug-likeness (QED) is 0.508. The number of nitrogens with zero attached hydrogens (tertiary/aromatic N) is 4. The zero-order valence-corrected chi connectivity index (χ0v) is 18.9. The number of para-hydroxylation sites is 1. The number of rotatable bonds is 7. The molecule has 158 valence electrons. The van der Waals surface area contributed by atoms with Crippen LogP contribution in [0, 0.1) is 0 Å². The molecule has 0 bridgehead atoms. The minimum absolute atomic E-state index is 0.150. The van der Waals surface area contributed by atoms with Crippen molar-refractivity contribution in [1.29, 1.82) is 0 Å². The lowest BCUT2D eigenvalue weighted by molar-refractivity contribution is -0.133. The van der Waals surface area contributed by atoms with Crippen molar-refractivity contribution in [2.24, 2.45) is 0 Å². The van der Waals surface area contributed by atoms with Crippen LogP contribution in [-0.2, 0) is 16.1 Å². The van der Waals surface area contributed by atoms with E-state index in [-0.39, 0.29) is 23.2 Å². The fourth-order valence-electron chi connectivity index (χ4n) is 3.75. The first kappa shape index (κ1) is 22.0. The van der Waals surface area contributed by atoms with Gasteiger partial charge in [-0.25, -0.2) is 9.97 Å². The molecule has 1 atom stereocenters. The van der Waals surface area contributed by atoms with Gasteiger partial charge >= 0.3 is 0 Å². The maximum absolute atomic E-state index is 13.1. The molecule has 2 heterocycles. The average molecular weight is 417 g/mol. The van der Waals surface area contributed by atoms with Gasteiger partial charge in [0.05, 0.1) is 30.5 Å². The van der Waals surface area contributed by atoms with E-state index in [2.05, 4.69) is 32.6 Å². The van der Waals surface area contributed by atoms with E-state index in [4.69, 9.17) is 14.7 Å². The Hall–Kier alpha value is -1.70. The number of thioether (sulfide) groups is 1. The number of fused-ring (bicyclic) bond motifs is 1. The molecular formula is C22H32N4O2S. The topological polar surface area (TPSA) is 58.6 Å². The molecule has 0 radical (unpaired) electrons. The summed E-state index contributed by atoms with van der Waals surface area (Å²) in [4.78, 5) is 27.0. The van der Waals surface area contributed by atoms with Gasteiger partial charge in [0.25, 0.3) is 0 Å². The molecule has 7 heteroatoms. The van der Waals surface area contributed by atoms with E-state index in [0.29, 0.717) is 6.54 Å². The molecule has 1 aromatic heterocycles. The SMILES string of the molecule is CC(Sc1nc(CN2CCOCC2)nc2ccccc12)C(=O)N(C(C)C)C(C)C. The highest BCUT2D eigenvalue weighted by Gasteiger charge is 2.27. The van der Waals surface area contributed by atoms with Crippen LogP contribution in [0.1, 0.15) is 40.4 Å². The van der Waals surface area contributed by atoms with Crippen LogP contribution < -0.4 is 0 Å². The first-order valence-corrected chi connectivity index (χ1v) is 11.3. The average Bonchev–Trinajstić information content (AvgIpc) is 2.68. The molecule has 0 saturated carbocycles. The second-order valence-electron chi connectivity index (χ2n) is 8.04. The summed E-state index contributed by atoms with van der Waals surface area (Å²) in [6, 6.07) is 8.39. The molecular weight excluding hydrogens is 384 g/mol. The smallest absolute Gasteiger partial charge is 0.236 e. The molecule has 0 spiro atoms. The molecule has 1 fully saturated rings. The van der Waals surface area contributed by atoms with Crippen molar-refractivity contribution in [3.8, 4) is 0 Å². The lowest BCUT2D eigenvalue weighted by Crippen LogP contribution is -2.45. The van der Waals surface area contributed by atoms with Crippen LogP contribution in [-0.4, -0.2) is 69.3 Å². The van der Waals surface area contributed by atoms with Crippen molar-refractivity contribution in [3.63, 3.8) is 0 Å². The van der Waals surface area contributed by atoms with E-state index in [0.717, 1.165) is 48.1 Å². The van der Waals surface area contributed by atoms with Crippen molar-refractivity contribution in [1.82, 2.24) is 19.8 Å². The molecule has 1 amide bonds. The molecule has 2 aromatic rings. The Bertz CT molecular complexity index is 829. The van der Waals surface area contributed by atoms with Crippen LogP contribution in [0.2, 0.25) is 0 Å². The second-order valence-corrected chi connectivity index (χ2v) is 9.37. The molecule has 0 aliphatic carbocycles. The van der Waals surface area contributed by atoms with Gasteiger partial charge in [-0.05, 0) is 40.7 Å². The zero-order chi connectivity index (χ0) is 21.0. The molecule has 3 rings (SSSR count). The second kappa shape index (κ2) is 9.87. The lowest BCUT2D eigenvalue weighted by Gasteiger charge is -2.33. The van der Waals surface area contributed by atoms with Gasteiger partial charge in [-0.15, -0.1) is 0 Å². The molecule has 0 N–H and O–H groups in total. The molecule has 1 aliphatic heterocycles. The monoisotopic (exact) mass is 416 g/mol. The summed E-state index contributed by atoms with van der Waals surface area (Å²) in [5, 5.41) is 1.67. The molecule has 1 unspecified atom stereocenters. The zero-order valence-electron chi connectivity index (χ0n) is 18.1. The van der Waals surface area contributed by atoms with Crippen molar-refractivity contribution >= 4 is 28.6 Å². The number of ether oxygens (including phenoxy) is 1. The van der Waals surface area contributed by atoms with Crippen LogP contribution >= 0.6 is 11.8 Å². The minimum atomic E-state index is -0.214. The Morgan fingerprint density at radius 1 is 1.10 bits per heavy atom. The number of amides is 1. The largest absolute Gasteiger partial charge is 0.379 e. The Balaban J connectivity index is 1.85. The summed E-state index contributed by atoms with van der Waals surface area (Å²) >= 11 is 1.53. The van der Waals surface area contributed by atoms with Gasteiger partial charge in [0.1, 0.15) is 10.9 Å². The van der Waals surface area contributed by atoms with Gasteiger partial charge in [-0.1, -0.05) is 30.0 Å². The number of hydrogen-bond donors (Lipinski definition) is 0. The summed E-state index contributed by atoms with van der Waals surface area (Å²) < 4.78 is 5.44. The van der Waals surface area contributed by atoms with Crippen molar-refractivity contribution in [2.75, 3.05) is 26.3 Å². The Labute approximate surface area is 178 Å². The highest BCUT2D eigenvalue weighted by Crippen LogP contribution is 2.30. The van der Waals surface area contributed by atoms with Gasteiger partial charge in [-0.2, -0.15) is 0 Å². The Morgan fingerprint density at radius 3 is 2.41 bits per heavy atom. The fourth-order valence-corrected chi connectivity index (χ4v) is 4.76. The molecule has 29 heavy (non-hydrogen) atoms. The van der Waals surface area contributed by atoms with Gasteiger partial charge in [0.2, 0.25) is 5.91 Å². The Morgan fingerprint density at radius 2 is 1.76 bits per heavy atom. The van der Waals surface area contributed by atoms with Gasteiger partial charge < -0.3 is 9.64 Å². The van der Waals surface area contributed by atoms with Crippen molar-refractivity contribution < 1.29 is 9.53 Å². The van der Waals surface area contributed by atoms with Gasteiger partial charge in [-0.3, -0.25) is 9.69 Å². The number of carbonyl (C=O) groups is 1. The molecule has 6 nitrogen and oxygen atoms in total. The van der Waals surface area contributed by atoms with E-state index in [1.165, 1.54) is 11.8 Å². The summed E-state index contributed by atoms with van der Waals surface area (Å²) in [6.45, 7) is 14.2. The van der Waals surface area contributed by atoms with E-state index in [9.17, 15) is 4.79 Å². The van der Waals surface area contributed by atoms with E-state index in [1.807, 2.05) is 36.1 Å². The van der Waals surface area contributed by atoms with Crippen LogP contribution in [0.25, 0.3) is 10.9 Å². The van der Waals surface area contributed by atoms with Crippen LogP contribution in [0.5, 0.6) is 0 Å². The molecule has 1 saturated heterocycles. The normalized spacial score (nSPS) is 16.5. The van der Waals surface area contributed by atoms with E-state index < -0.39 is 0 Å². The lowest BCUT2D eigenvalue weighted by atomic mass is 10.2. The predicted octanol–water partition coefficient (Wildman–Crippen LogP) is 3.59.